The highest BCUT2D eigenvalue weighted by atomic mass is 16.5. The molecule has 3 unspecified atom stereocenters. The van der Waals surface area contributed by atoms with Crippen molar-refractivity contribution in [2.75, 3.05) is 40.1 Å². The Morgan fingerprint density at radius 2 is 2.18 bits per heavy atom. The summed E-state index contributed by atoms with van der Waals surface area (Å²) in [4.78, 5) is 0. The van der Waals surface area contributed by atoms with Crippen LogP contribution >= 0.6 is 0 Å². The summed E-state index contributed by atoms with van der Waals surface area (Å²) in [7, 11) is 1.73. The Morgan fingerprint density at radius 3 is 2.82 bits per heavy atom. The number of rotatable bonds is 10. The highest BCUT2D eigenvalue weighted by Crippen LogP contribution is 2.26. The predicted octanol–water partition coefficient (Wildman–Crippen LogP) is 0.167. The van der Waals surface area contributed by atoms with Crippen LogP contribution in [0.5, 0.6) is 0 Å². The largest absolute Gasteiger partial charge is 0.394 e. The van der Waals surface area contributed by atoms with Gasteiger partial charge in [-0.25, -0.2) is 0 Å². The lowest BCUT2D eigenvalue weighted by Crippen LogP contribution is -2.59. The molecule has 1 saturated carbocycles. The van der Waals surface area contributed by atoms with Crippen LogP contribution in [0.25, 0.3) is 0 Å². The third kappa shape index (κ3) is 4.89. The Labute approximate surface area is 103 Å². The summed E-state index contributed by atoms with van der Waals surface area (Å²) < 4.78 is 16.1. The molecule has 1 rings (SSSR count). The molecule has 102 valence electrons. The number of hydrogen-bond acceptors (Lipinski definition) is 5. The fourth-order valence-corrected chi connectivity index (χ4v) is 2.10. The minimum atomic E-state index is 0.0951. The monoisotopic (exact) mass is 247 g/mol. The molecule has 5 nitrogen and oxygen atoms in total. The first-order valence-corrected chi connectivity index (χ1v) is 6.39. The summed E-state index contributed by atoms with van der Waals surface area (Å²) in [6, 6.07) is 0.398. The number of aliphatic hydroxyl groups excluding tert-OH is 1. The second-order valence-corrected chi connectivity index (χ2v) is 4.18. The van der Waals surface area contributed by atoms with Crippen LogP contribution in [0, 0.1) is 0 Å². The Kier molecular flexibility index (Phi) is 7.72. The van der Waals surface area contributed by atoms with Gasteiger partial charge in [-0.1, -0.05) is 0 Å². The van der Waals surface area contributed by atoms with E-state index in [9.17, 15) is 0 Å². The minimum Gasteiger partial charge on any atom is -0.394 e. The van der Waals surface area contributed by atoms with E-state index in [1.54, 1.807) is 7.11 Å². The normalized spacial score (nSPS) is 28.1. The molecule has 0 spiro atoms. The Bertz CT molecular complexity index is 191. The van der Waals surface area contributed by atoms with Gasteiger partial charge >= 0.3 is 0 Å². The molecule has 0 saturated heterocycles. The van der Waals surface area contributed by atoms with Crippen molar-refractivity contribution in [1.82, 2.24) is 5.32 Å². The zero-order valence-corrected chi connectivity index (χ0v) is 10.9. The molecule has 2 N–H and O–H groups in total. The van der Waals surface area contributed by atoms with Crippen LogP contribution in [-0.2, 0) is 14.2 Å². The quantitative estimate of drug-likeness (QED) is 0.539. The first kappa shape index (κ1) is 14.9. The van der Waals surface area contributed by atoms with Gasteiger partial charge in [0.25, 0.3) is 0 Å². The fraction of sp³-hybridized carbons (Fsp3) is 1.00. The van der Waals surface area contributed by atoms with E-state index in [0.29, 0.717) is 19.3 Å². The molecule has 1 aliphatic rings. The van der Waals surface area contributed by atoms with Crippen molar-refractivity contribution in [1.29, 1.82) is 0 Å². The van der Waals surface area contributed by atoms with Crippen LogP contribution in [0.4, 0.5) is 0 Å². The summed E-state index contributed by atoms with van der Waals surface area (Å²) in [6.45, 7) is 4.87. The molecule has 0 aromatic heterocycles. The van der Waals surface area contributed by atoms with Crippen molar-refractivity contribution >= 4 is 0 Å². The Hall–Kier alpha value is -0.200. The molecule has 5 heteroatoms. The van der Waals surface area contributed by atoms with Gasteiger partial charge in [0.1, 0.15) is 0 Å². The third-order valence-electron chi connectivity index (χ3n) is 3.01. The predicted molar refractivity (Wildman–Crippen MR) is 65.1 cm³/mol. The van der Waals surface area contributed by atoms with Crippen molar-refractivity contribution in [3.8, 4) is 0 Å². The van der Waals surface area contributed by atoms with E-state index in [2.05, 4.69) is 5.32 Å². The van der Waals surface area contributed by atoms with Gasteiger partial charge in [-0.05, 0) is 26.3 Å². The highest BCUT2D eigenvalue weighted by Gasteiger charge is 2.41. The van der Waals surface area contributed by atoms with E-state index in [1.165, 1.54) is 0 Å². The maximum absolute atomic E-state index is 8.53. The lowest BCUT2D eigenvalue weighted by molar-refractivity contribution is -0.131. The average molecular weight is 247 g/mol. The van der Waals surface area contributed by atoms with Crippen LogP contribution in [0.15, 0.2) is 0 Å². The molecule has 1 fully saturated rings. The zero-order chi connectivity index (χ0) is 12.5. The topological polar surface area (TPSA) is 60.0 Å². The van der Waals surface area contributed by atoms with Gasteiger partial charge in [0, 0.05) is 26.4 Å². The Balaban J connectivity index is 2.00. The van der Waals surface area contributed by atoms with Crippen molar-refractivity contribution < 1.29 is 19.3 Å². The molecule has 3 atom stereocenters. The molecular weight excluding hydrogens is 222 g/mol. The highest BCUT2D eigenvalue weighted by molar-refractivity contribution is 4.96. The number of nitrogens with one attached hydrogen (secondary N) is 1. The van der Waals surface area contributed by atoms with E-state index >= 15 is 0 Å². The number of aliphatic hydroxyl groups is 1. The van der Waals surface area contributed by atoms with Gasteiger partial charge in [0.15, 0.2) is 0 Å². The second kappa shape index (κ2) is 8.83. The summed E-state index contributed by atoms with van der Waals surface area (Å²) in [5.41, 5.74) is 0. The van der Waals surface area contributed by atoms with Crippen molar-refractivity contribution in [2.45, 2.75) is 38.0 Å². The molecule has 0 aromatic carbocycles. The molecular formula is C12H25NO4. The molecule has 0 aliphatic heterocycles. The van der Waals surface area contributed by atoms with Crippen LogP contribution < -0.4 is 5.32 Å². The fourth-order valence-electron chi connectivity index (χ4n) is 2.10. The van der Waals surface area contributed by atoms with Gasteiger partial charge in [0.2, 0.25) is 0 Å². The SMILES string of the molecule is CCOC1CC(NCCCOCCO)C1OC. The molecule has 0 radical (unpaired) electrons. The summed E-state index contributed by atoms with van der Waals surface area (Å²) in [6.07, 6.45) is 2.39. The molecule has 0 amide bonds. The minimum absolute atomic E-state index is 0.0951. The lowest BCUT2D eigenvalue weighted by atomic mass is 9.85. The smallest absolute Gasteiger partial charge is 0.0986 e. The number of ether oxygens (including phenoxy) is 3. The zero-order valence-electron chi connectivity index (χ0n) is 10.9. The first-order valence-electron chi connectivity index (χ1n) is 6.39. The van der Waals surface area contributed by atoms with Gasteiger partial charge in [-0.3, -0.25) is 0 Å². The van der Waals surface area contributed by atoms with Crippen LogP contribution in [0.3, 0.4) is 0 Å². The van der Waals surface area contributed by atoms with Crippen LogP contribution in [0.1, 0.15) is 19.8 Å². The molecule has 17 heavy (non-hydrogen) atoms. The van der Waals surface area contributed by atoms with E-state index < -0.39 is 0 Å². The maximum Gasteiger partial charge on any atom is 0.0986 e. The van der Waals surface area contributed by atoms with E-state index in [0.717, 1.165) is 26.0 Å². The maximum atomic E-state index is 8.53. The standard InChI is InChI=1S/C12H25NO4/c1-3-17-11-9-10(12(11)15-2)13-5-4-7-16-8-6-14/h10-14H,3-9H2,1-2H3. The third-order valence-corrected chi connectivity index (χ3v) is 3.01. The summed E-state index contributed by atoms with van der Waals surface area (Å²) in [5.74, 6) is 0. The number of hydrogen-bond donors (Lipinski definition) is 2. The van der Waals surface area contributed by atoms with Crippen molar-refractivity contribution in [3.63, 3.8) is 0 Å². The Morgan fingerprint density at radius 1 is 1.35 bits per heavy atom. The van der Waals surface area contributed by atoms with E-state index in [4.69, 9.17) is 19.3 Å². The van der Waals surface area contributed by atoms with Gasteiger partial charge in [-0.15, -0.1) is 0 Å². The lowest BCUT2D eigenvalue weighted by Gasteiger charge is -2.43. The summed E-state index contributed by atoms with van der Waals surface area (Å²) >= 11 is 0. The second-order valence-electron chi connectivity index (χ2n) is 4.18. The average Bonchev–Trinajstić information content (AvgIpc) is 2.31. The van der Waals surface area contributed by atoms with Crippen LogP contribution in [-0.4, -0.2) is 63.4 Å². The molecule has 1 aliphatic carbocycles. The molecule has 0 heterocycles. The molecule has 0 aromatic rings. The van der Waals surface area contributed by atoms with Crippen molar-refractivity contribution in [2.24, 2.45) is 0 Å². The van der Waals surface area contributed by atoms with Gasteiger partial charge < -0.3 is 24.6 Å². The number of methoxy groups -OCH3 is 1. The van der Waals surface area contributed by atoms with E-state index in [1.807, 2.05) is 6.92 Å². The van der Waals surface area contributed by atoms with Gasteiger partial charge in [-0.2, -0.15) is 0 Å². The van der Waals surface area contributed by atoms with E-state index in [-0.39, 0.29) is 18.8 Å². The van der Waals surface area contributed by atoms with Crippen LogP contribution in [0.2, 0.25) is 0 Å². The van der Waals surface area contributed by atoms with Crippen molar-refractivity contribution in [3.05, 3.63) is 0 Å². The summed E-state index contributed by atoms with van der Waals surface area (Å²) in [5, 5.41) is 12.0. The molecule has 0 bridgehead atoms. The first-order chi connectivity index (χ1) is 8.33. The van der Waals surface area contributed by atoms with Gasteiger partial charge in [0.05, 0.1) is 25.4 Å².